The van der Waals surface area contributed by atoms with Gasteiger partial charge in [-0.25, -0.2) is 4.79 Å². The summed E-state index contributed by atoms with van der Waals surface area (Å²) < 4.78 is 5.98. The van der Waals surface area contributed by atoms with E-state index in [1.165, 1.54) is 60.3 Å². The monoisotopic (exact) mass is 1930 g/mol. The van der Waals surface area contributed by atoms with Crippen LogP contribution in [0.25, 0.3) is 10.9 Å². The van der Waals surface area contributed by atoms with Crippen LogP contribution >= 0.6 is 11.8 Å². The van der Waals surface area contributed by atoms with E-state index < -0.39 is 137 Å². The van der Waals surface area contributed by atoms with E-state index in [0.29, 0.717) is 105 Å². The molecule has 758 valence electrons. The Kier molecular flexibility index (Phi) is 42.5. The van der Waals surface area contributed by atoms with Gasteiger partial charge in [0.25, 0.3) is 5.91 Å². The molecule has 6 aliphatic rings. The van der Waals surface area contributed by atoms with Crippen LogP contribution in [-0.2, 0) is 81.5 Å². The van der Waals surface area contributed by atoms with Gasteiger partial charge in [-0.15, -0.1) is 0 Å². The van der Waals surface area contributed by atoms with Gasteiger partial charge >= 0.3 is 6.09 Å². The molecular formula is C102H155N21O14S. The van der Waals surface area contributed by atoms with E-state index in [4.69, 9.17) is 33.4 Å². The summed E-state index contributed by atoms with van der Waals surface area (Å²) >= 11 is 1.54. The van der Waals surface area contributed by atoms with Crippen LogP contribution in [0.5, 0.6) is 0 Å². The first kappa shape index (κ1) is 109. The van der Waals surface area contributed by atoms with Gasteiger partial charge in [0.1, 0.15) is 73.2 Å². The number of fused-ring (bicyclic) bond motifs is 6. The molecule has 2 aliphatic heterocycles. The number of ether oxygens (including phenoxy) is 1. The summed E-state index contributed by atoms with van der Waals surface area (Å²) in [6.45, 7) is 16.9. The first-order valence-electron chi connectivity index (χ1n) is 50.3. The van der Waals surface area contributed by atoms with Crippen molar-refractivity contribution in [1.29, 1.82) is 0 Å². The van der Waals surface area contributed by atoms with Gasteiger partial charge in [0.15, 0.2) is 5.96 Å². The summed E-state index contributed by atoms with van der Waals surface area (Å²) in [6.07, 6.45) is 23.3. The van der Waals surface area contributed by atoms with Crippen LogP contribution in [0.2, 0.25) is 0 Å². The van der Waals surface area contributed by atoms with E-state index in [9.17, 15) is 43.2 Å². The molecule has 3 saturated carbocycles. The Balaban J connectivity index is 0.693. The maximum atomic E-state index is 15.5. The topological polar surface area (TPSA) is 541 Å². The van der Waals surface area contributed by atoms with Gasteiger partial charge in [0.05, 0.1) is 6.04 Å². The SMILES string of the molecule is CSCC[C@H](N)C(=O)N1CCC[C@H]1C(=O)N[C@H](Cc1ccccc1)C(=O)N[C@@H](CCCN=C(N)N)C(=O)N[C@H](Cc1c[nH]c2ccccc12)C(=O)N[C@@H](Cc1ccccc1)C(=O)N[C@@H](CCCCN)C(=O)N1CCC[C@H]1C(=O)N[C@H](C(=O)N[C@@H](CCCCNC(=O)CN/N=C/C(=O)NCCCNC(=O)O[C@H]1CC[C@@]2(C)C(=CC[C@H]3[C@@H]4CC[C@H]([C@H](C)CCCC(C)C)[C@@]4(C)CC[C@@H]32)C1)C(N)=O)C(C)C. The van der Waals surface area contributed by atoms with Crippen molar-refractivity contribution >= 4 is 112 Å². The highest BCUT2D eigenvalue weighted by atomic mass is 32.2. The average Bonchev–Trinajstić information content (AvgIpc) is 1.34. The number of alkyl carbamates (subject to hydrolysis) is 1. The van der Waals surface area contributed by atoms with Crippen molar-refractivity contribution in [2.24, 2.45) is 91.0 Å². The van der Waals surface area contributed by atoms with Crippen molar-refractivity contribution in [3.63, 3.8) is 0 Å². The molecular weight excluding hydrogens is 1780 g/mol. The van der Waals surface area contributed by atoms with E-state index in [1.54, 1.807) is 92.5 Å². The molecule has 0 bridgehead atoms. The molecule has 1 aromatic heterocycles. The number of aliphatic imine (C=N–C) groups is 1. The number of aromatic amines is 1. The summed E-state index contributed by atoms with van der Waals surface area (Å²) in [7, 11) is 0. The summed E-state index contributed by atoms with van der Waals surface area (Å²) in [5.74, 6) is -3.45. The number of carbonyl (C=O) groups excluding carboxylic acids is 13. The number of para-hydroxylation sites is 1. The molecule has 35 nitrogen and oxygen atoms in total. The van der Waals surface area contributed by atoms with Crippen LogP contribution in [0, 0.1) is 52.3 Å². The van der Waals surface area contributed by atoms with E-state index in [1.807, 2.05) is 30.5 Å². The van der Waals surface area contributed by atoms with E-state index >= 15 is 19.2 Å². The van der Waals surface area contributed by atoms with Crippen LogP contribution in [0.1, 0.15) is 226 Å². The third kappa shape index (κ3) is 31.2. The number of hydrogen-bond acceptors (Lipinski definition) is 20. The van der Waals surface area contributed by atoms with Gasteiger partial charge in [0.2, 0.25) is 65.0 Å². The number of aromatic nitrogens is 1. The second-order valence-electron chi connectivity index (χ2n) is 40.0. The normalized spacial score (nSPS) is 22.4. The lowest BCUT2D eigenvalue weighted by atomic mass is 9.47. The van der Waals surface area contributed by atoms with Crippen molar-refractivity contribution in [3.05, 3.63) is 119 Å². The fourth-order valence-electron chi connectivity index (χ4n) is 21.9. The number of carbonyl (C=O) groups is 13. The van der Waals surface area contributed by atoms with Gasteiger partial charge in [-0.2, -0.15) is 16.9 Å². The maximum absolute atomic E-state index is 15.5. The second-order valence-corrected chi connectivity index (χ2v) is 41.0. The zero-order chi connectivity index (χ0) is 99.6. The number of nitrogens with one attached hydrogen (secondary N) is 12. The predicted molar refractivity (Wildman–Crippen MR) is 535 cm³/mol. The molecule has 5 fully saturated rings. The zero-order valence-corrected chi connectivity index (χ0v) is 83.0. The summed E-state index contributed by atoms with van der Waals surface area (Å²) in [4.78, 5) is 195. The van der Waals surface area contributed by atoms with Gasteiger partial charge in [0, 0.05) is 82.1 Å². The average molecular weight is 1930 g/mol. The minimum Gasteiger partial charge on any atom is -0.446 e. The molecule has 3 aromatic carbocycles. The molecule has 0 unspecified atom stereocenters. The molecule has 138 heavy (non-hydrogen) atoms. The van der Waals surface area contributed by atoms with Crippen molar-refractivity contribution in [2.45, 2.75) is 295 Å². The Labute approximate surface area is 817 Å². The minimum atomic E-state index is -1.47. The van der Waals surface area contributed by atoms with Crippen molar-refractivity contribution in [1.82, 2.24) is 73.4 Å². The van der Waals surface area contributed by atoms with Crippen LogP contribution < -0.4 is 87.3 Å². The van der Waals surface area contributed by atoms with Crippen LogP contribution in [0.3, 0.4) is 0 Å². The Morgan fingerprint density at radius 3 is 1.81 bits per heavy atom. The molecule has 18 atom stereocenters. The molecule has 0 radical (unpaired) electrons. The standard InChI is InChI=1S/C102H155N21O14S/c1-63(2)26-21-27-65(5)73-41-42-74-72-40-39-69-59-70(43-46-101(69,6)75(72)44-47-102(73,74)7)137-100(136)111-52-25-51-109-87(125)62-114-113-61-86(124)108-49-20-18-34-78(89(105)126)115-96(133)88(64(3)4)121-95(132)85-38-24-54-123(85)98(135)80(35-17-19-48-103)117-92(129)81(56-66-28-11-9-12-29-66)118-93(130)83(58-68-60-112-77-33-16-15-32-71(68)77)119-90(127)79(36-22-50-110-99(106)107)116-91(128)82(57-67-30-13-10-14-31-67)120-94(131)84-37-23-53-122(84)97(134)76(104)45-55-138-8/h9-16,28-33,39,60,62-65,70,72-76,78-85,88,112-113H,17-27,34-38,40-59,61,103-104H2,1-8H3,(H2,105,126)(H,108,124)(H,109,125)(H,111,136)(H,115,133)(H,116,128)(H,117,129)(H,118,130)(H,119,127)(H,120,131)(H,121,132)(H4,106,107,110)/b114-62+/t65-,70+,72+,73-,74+,75+,76+,78+,79+,80+,81+,82-,83-,84+,85+,88+,101+,102-/m1/s1. The Bertz CT molecular complexity index is 4820. The molecule has 2 saturated heterocycles. The highest BCUT2D eigenvalue weighted by molar-refractivity contribution is 7.98. The lowest BCUT2D eigenvalue weighted by Crippen LogP contribution is -2.61. The van der Waals surface area contributed by atoms with Gasteiger partial charge in [-0.1, -0.05) is 158 Å². The number of benzene rings is 3. The third-order valence-electron chi connectivity index (χ3n) is 29.4. The van der Waals surface area contributed by atoms with E-state index in [-0.39, 0.29) is 114 Å². The molecule has 10 rings (SSSR count). The second kappa shape index (κ2) is 53.9. The van der Waals surface area contributed by atoms with Crippen molar-refractivity contribution < 1.29 is 67.1 Å². The smallest absolute Gasteiger partial charge is 0.407 e. The number of unbranched alkanes of at least 4 members (excludes halogenated alkanes) is 2. The molecule has 22 N–H and O–H groups in total. The molecule has 0 spiro atoms. The van der Waals surface area contributed by atoms with Crippen molar-refractivity contribution in [2.75, 3.05) is 64.4 Å². The molecule has 3 heterocycles. The largest absolute Gasteiger partial charge is 0.446 e. The third-order valence-corrected chi connectivity index (χ3v) is 30.1. The highest BCUT2D eigenvalue weighted by Crippen LogP contribution is 2.67. The van der Waals surface area contributed by atoms with Crippen LogP contribution in [0.15, 0.2) is 113 Å². The highest BCUT2D eigenvalue weighted by Gasteiger charge is 2.60. The van der Waals surface area contributed by atoms with E-state index in [2.05, 4.69) is 114 Å². The number of thioether (sulfide) groups is 1. The van der Waals surface area contributed by atoms with Gasteiger partial charge < -0.3 is 107 Å². The summed E-state index contributed by atoms with van der Waals surface area (Å²) in [5, 5.41) is 32.9. The number of H-pyrrole nitrogens is 1. The predicted octanol–water partition coefficient (Wildman–Crippen LogP) is 6.48. The molecule has 4 aliphatic carbocycles. The van der Waals surface area contributed by atoms with Gasteiger partial charge in [-0.3, -0.25) is 62.5 Å². The molecule has 4 aromatic rings. The Hall–Kier alpha value is -11.1. The first-order chi connectivity index (χ1) is 66.2. The number of likely N-dealkylation sites (tertiary alicyclic amines) is 2. The number of rotatable bonds is 54. The number of nitrogens with zero attached hydrogens (tertiary/aromatic N) is 4. The minimum absolute atomic E-state index is 0.0233. The van der Waals surface area contributed by atoms with Gasteiger partial charge in [-0.05, 0) is 228 Å². The maximum Gasteiger partial charge on any atom is 0.407 e. The summed E-state index contributed by atoms with van der Waals surface area (Å²) in [6, 6.07) is 12.9. The summed E-state index contributed by atoms with van der Waals surface area (Å²) in [5.41, 5.74) is 36.8. The number of amides is 13. The number of allylic oxidation sites excluding steroid dienone is 1. The first-order valence-corrected chi connectivity index (χ1v) is 51.7. The number of hydrazone groups is 1. The van der Waals surface area contributed by atoms with Crippen molar-refractivity contribution in [3.8, 4) is 0 Å². The quantitative estimate of drug-likeness (QED) is 0.00739. The fourth-order valence-corrected chi connectivity index (χ4v) is 22.4. The Morgan fingerprint density at radius 1 is 0.572 bits per heavy atom. The number of hydrogen-bond donors (Lipinski definition) is 17. The zero-order valence-electron chi connectivity index (χ0n) is 82.2. The van der Waals surface area contributed by atoms with Crippen LogP contribution in [-0.4, -0.2) is 235 Å². The lowest BCUT2D eigenvalue weighted by molar-refractivity contribution is -0.143. The fraction of sp³-hybridized carbons (Fsp3) is 0.637. The number of guanidine groups is 1. The number of primary amides is 1. The molecule has 13 amide bonds. The van der Waals surface area contributed by atoms with E-state index in [0.717, 1.165) is 72.4 Å². The molecule has 36 heteroatoms. The lowest BCUT2D eigenvalue weighted by Gasteiger charge is -2.58. The Morgan fingerprint density at radius 2 is 1.16 bits per heavy atom. The number of nitrogens with two attached hydrogens (primary N) is 5. The van der Waals surface area contributed by atoms with Crippen LogP contribution in [0.4, 0.5) is 4.79 Å².